The molecule has 0 spiro atoms. The third-order valence-electron chi connectivity index (χ3n) is 6.67. The minimum absolute atomic E-state index is 0.0974. The smallest absolute Gasteiger partial charge is 0.240 e. The Morgan fingerprint density at radius 3 is 2.41 bits per heavy atom. The number of amides is 2. The number of nitrogens with zero attached hydrogens (tertiary/aromatic N) is 3. The number of halogens is 1. The van der Waals surface area contributed by atoms with Gasteiger partial charge in [-0.25, -0.2) is 9.07 Å². The van der Waals surface area contributed by atoms with Crippen LogP contribution in [0.2, 0.25) is 0 Å². The molecule has 1 unspecified atom stereocenters. The monoisotopic (exact) mass is 574 g/mol. The number of carbonyl (C=O) groups excluding carboxylic acids is 2. The van der Waals surface area contributed by atoms with E-state index in [9.17, 15) is 14.0 Å². The molecule has 41 heavy (non-hydrogen) atoms. The first-order valence-corrected chi connectivity index (χ1v) is 14.2. The lowest BCUT2D eigenvalue weighted by molar-refractivity contribution is -0.123. The van der Waals surface area contributed by atoms with Gasteiger partial charge in [-0.3, -0.25) is 14.5 Å². The van der Waals surface area contributed by atoms with Gasteiger partial charge in [0.2, 0.25) is 11.8 Å². The van der Waals surface area contributed by atoms with E-state index in [4.69, 9.17) is 14.6 Å². The molecule has 8 nitrogen and oxygen atoms in total. The van der Waals surface area contributed by atoms with Crippen LogP contribution in [-0.4, -0.2) is 54.2 Å². The second-order valence-electron chi connectivity index (χ2n) is 9.85. The summed E-state index contributed by atoms with van der Waals surface area (Å²) >= 11 is 1.45. The third kappa shape index (κ3) is 5.78. The van der Waals surface area contributed by atoms with Crippen molar-refractivity contribution in [2.24, 2.45) is 0 Å². The van der Waals surface area contributed by atoms with Gasteiger partial charge in [0.15, 0.2) is 11.5 Å². The van der Waals surface area contributed by atoms with Gasteiger partial charge in [-0.05, 0) is 55.8 Å². The number of anilines is 1. The zero-order chi connectivity index (χ0) is 29.1. The van der Waals surface area contributed by atoms with Crippen molar-refractivity contribution in [2.75, 3.05) is 31.4 Å². The van der Waals surface area contributed by atoms with Gasteiger partial charge < -0.3 is 14.8 Å². The minimum atomic E-state index is -0.390. The summed E-state index contributed by atoms with van der Waals surface area (Å²) in [4.78, 5) is 28.3. The molecule has 3 aromatic carbocycles. The molecule has 1 atom stereocenters. The second-order valence-corrected chi connectivity index (χ2v) is 10.9. The van der Waals surface area contributed by atoms with E-state index in [0.717, 1.165) is 16.7 Å². The van der Waals surface area contributed by atoms with Gasteiger partial charge >= 0.3 is 0 Å². The van der Waals surface area contributed by atoms with Crippen LogP contribution in [-0.2, 0) is 9.59 Å². The summed E-state index contributed by atoms with van der Waals surface area (Å²) in [6.45, 7) is 3.55. The van der Waals surface area contributed by atoms with Crippen LogP contribution < -0.4 is 19.7 Å². The molecule has 4 aromatic rings. The molecule has 1 aromatic heterocycles. The van der Waals surface area contributed by atoms with E-state index in [-0.39, 0.29) is 35.4 Å². The van der Waals surface area contributed by atoms with Crippen molar-refractivity contribution in [3.63, 3.8) is 0 Å². The molecule has 0 saturated heterocycles. The lowest BCUT2D eigenvalue weighted by Crippen LogP contribution is -2.44. The van der Waals surface area contributed by atoms with Crippen molar-refractivity contribution >= 4 is 29.4 Å². The average molecular weight is 575 g/mol. The zero-order valence-corrected chi connectivity index (χ0v) is 24.1. The van der Waals surface area contributed by atoms with Gasteiger partial charge in [-0.15, -0.1) is 11.8 Å². The molecule has 0 bridgehead atoms. The Kier molecular flexibility index (Phi) is 8.30. The van der Waals surface area contributed by atoms with Crippen molar-refractivity contribution < 1.29 is 23.5 Å². The molecule has 0 saturated carbocycles. The number of fused-ring (bicyclic) bond motifs is 1. The van der Waals surface area contributed by atoms with Crippen molar-refractivity contribution in [3.05, 3.63) is 89.7 Å². The van der Waals surface area contributed by atoms with Crippen LogP contribution in [0.3, 0.4) is 0 Å². The lowest BCUT2D eigenvalue weighted by atomic mass is 9.99. The number of hydrogen-bond acceptors (Lipinski definition) is 6. The highest BCUT2D eigenvalue weighted by atomic mass is 32.2. The largest absolute Gasteiger partial charge is 0.493 e. The molecule has 1 aliphatic rings. The minimum Gasteiger partial charge on any atom is -0.493 e. The van der Waals surface area contributed by atoms with Crippen molar-refractivity contribution in [3.8, 4) is 28.4 Å². The van der Waals surface area contributed by atoms with Crippen LogP contribution in [0.1, 0.15) is 30.2 Å². The maximum atomic E-state index is 14.0. The molecule has 1 N–H and O–H groups in total. The first kappa shape index (κ1) is 28.2. The number of ether oxygens (including phenoxy) is 2. The number of benzene rings is 3. The van der Waals surface area contributed by atoms with Crippen LogP contribution in [0.25, 0.3) is 16.9 Å². The predicted octanol–water partition coefficient (Wildman–Crippen LogP) is 5.39. The van der Waals surface area contributed by atoms with Crippen LogP contribution >= 0.6 is 11.8 Å². The Bertz CT molecular complexity index is 1560. The van der Waals surface area contributed by atoms with E-state index in [1.165, 1.54) is 28.8 Å². The Morgan fingerprint density at radius 2 is 1.76 bits per heavy atom. The van der Waals surface area contributed by atoms with E-state index >= 15 is 0 Å². The van der Waals surface area contributed by atoms with E-state index in [0.29, 0.717) is 28.7 Å². The van der Waals surface area contributed by atoms with Crippen LogP contribution in [0.15, 0.2) is 72.8 Å². The summed E-state index contributed by atoms with van der Waals surface area (Å²) in [5, 5.41) is 7.55. The standard InChI is InChI=1S/C31H31FN4O4S/c1-19(2)33-26(37)17-35-27(38)18-41-30(21-10-15-24(39-3)25(16-21)40-4)28-29(20-8-6-5-7-9-20)34-36(31(28)35)23-13-11-22(32)12-14-23/h5-16,19,30H,17-18H2,1-4H3,(H,33,37). The van der Waals surface area contributed by atoms with Gasteiger partial charge in [0.25, 0.3) is 0 Å². The quantitative estimate of drug-likeness (QED) is 0.304. The molecule has 1 aliphatic heterocycles. The molecule has 2 amide bonds. The Labute approximate surface area is 242 Å². The van der Waals surface area contributed by atoms with E-state index in [2.05, 4.69) is 5.32 Å². The van der Waals surface area contributed by atoms with Gasteiger partial charge in [0.1, 0.15) is 18.2 Å². The molecule has 5 rings (SSSR count). The fourth-order valence-corrected chi connectivity index (χ4v) is 6.07. The Hall–Kier alpha value is -4.31. The highest BCUT2D eigenvalue weighted by Crippen LogP contribution is 2.49. The van der Waals surface area contributed by atoms with Gasteiger partial charge in [-0.2, -0.15) is 5.10 Å². The fourth-order valence-electron chi connectivity index (χ4n) is 4.88. The first-order chi connectivity index (χ1) is 19.8. The van der Waals surface area contributed by atoms with Crippen molar-refractivity contribution in [1.29, 1.82) is 0 Å². The third-order valence-corrected chi connectivity index (χ3v) is 7.92. The van der Waals surface area contributed by atoms with Crippen molar-refractivity contribution in [1.82, 2.24) is 15.1 Å². The number of rotatable bonds is 8. The molecular formula is C31H31FN4O4S. The Balaban J connectivity index is 1.80. The van der Waals surface area contributed by atoms with Gasteiger partial charge in [0.05, 0.1) is 36.6 Å². The summed E-state index contributed by atoms with van der Waals surface area (Å²) < 4.78 is 26.6. The lowest BCUT2D eigenvalue weighted by Gasteiger charge is -2.24. The number of carbonyl (C=O) groups is 2. The average Bonchev–Trinajstić information content (AvgIpc) is 3.29. The number of methoxy groups -OCH3 is 2. The number of nitrogens with one attached hydrogen (secondary N) is 1. The summed E-state index contributed by atoms with van der Waals surface area (Å²) in [7, 11) is 3.16. The number of aromatic nitrogens is 2. The molecule has 10 heteroatoms. The van der Waals surface area contributed by atoms with Gasteiger partial charge in [0, 0.05) is 17.2 Å². The Morgan fingerprint density at radius 1 is 1.05 bits per heavy atom. The summed E-state index contributed by atoms with van der Waals surface area (Å²) in [5.41, 5.74) is 3.70. The van der Waals surface area contributed by atoms with E-state index in [1.807, 2.05) is 62.4 Å². The normalized spacial score (nSPS) is 14.9. The maximum Gasteiger partial charge on any atom is 0.240 e. The maximum absolute atomic E-state index is 14.0. The topological polar surface area (TPSA) is 85.7 Å². The number of thioether (sulfide) groups is 1. The summed E-state index contributed by atoms with van der Waals surface area (Å²) in [5.74, 6) is 0.817. The molecule has 212 valence electrons. The number of hydrogen-bond donors (Lipinski definition) is 1. The molecule has 0 fully saturated rings. The SMILES string of the molecule is COc1ccc(C2SCC(=O)N(CC(=O)NC(C)C)c3c2c(-c2ccccc2)nn3-c2ccc(F)cc2)cc1OC. The van der Waals surface area contributed by atoms with Crippen molar-refractivity contribution in [2.45, 2.75) is 25.1 Å². The molecule has 2 heterocycles. The van der Waals surface area contributed by atoms with Crippen LogP contribution in [0.4, 0.5) is 10.2 Å². The van der Waals surface area contributed by atoms with Gasteiger partial charge in [-0.1, -0.05) is 36.4 Å². The highest BCUT2D eigenvalue weighted by molar-refractivity contribution is 8.00. The summed E-state index contributed by atoms with van der Waals surface area (Å²) in [6, 6.07) is 21.2. The molecule has 0 radical (unpaired) electrons. The molecular weight excluding hydrogens is 543 g/mol. The second kappa shape index (κ2) is 12.1. The van der Waals surface area contributed by atoms with E-state index < -0.39 is 5.82 Å². The molecule has 0 aliphatic carbocycles. The first-order valence-electron chi connectivity index (χ1n) is 13.2. The predicted molar refractivity (Wildman–Crippen MR) is 158 cm³/mol. The highest BCUT2D eigenvalue weighted by Gasteiger charge is 2.38. The fraction of sp³-hybridized carbons (Fsp3) is 0.258. The van der Waals surface area contributed by atoms with Crippen LogP contribution in [0, 0.1) is 5.82 Å². The summed E-state index contributed by atoms with van der Waals surface area (Å²) in [6.07, 6.45) is 0. The van der Waals surface area contributed by atoms with E-state index in [1.54, 1.807) is 31.0 Å². The van der Waals surface area contributed by atoms with Crippen LogP contribution in [0.5, 0.6) is 11.5 Å². The zero-order valence-electron chi connectivity index (χ0n) is 23.3.